The SMILES string of the molecule is CC(C)(NC(=O)NN1CCCCC1)C(=O)O. The van der Waals surface area contributed by atoms with Gasteiger partial charge in [0.1, 0.15) is 5.54 Å². The molecule has 0 unspecified atom stereocenters. The number of piperidine rings is 1. The van der Waals surface area contributed by atoms with Crippen molar-refractivity contribution in [2.75, 3.05) is 13.1 Å². The van der Waals surface area contributed by atoms with Crippen molar-refractivity contribution in [2.45, 2.75) is 38.6 Å². The van der Waals surface area contributed by atoms with Crippen LogP contribution in [0.5, 0.6) is 0 Å². The lowest BCUT2D eigenvalue weighted by Gasteiger charge is -2.29. The minimum atomic E-state index is -1.25. The lowest BCUT2D eigenvalue weighted by atomic mass is 10.1. The molecular weight excluding hydrogens is 210 g/mol. The molecule has 0 radical (unpaired) electrons. The zero-order valence-corrected chi connectivity index (χ0v) is 9.75. The summed E-state index contributed by atoms with van der Waals surface area (Å²) in [4.78, 5) is 22.3. The summed E-state index contributed by atoms with van der Waals surface area (Å²) < 4.78 is 0. The summed E-state index contributed by atoms with van der Waals surface area (Å²) >= 11 is 0. The van der Waals surface area contributed by atoms with Crippen LogP contribution in [0.3, 0.4) is 0 Å². The summed E-state index contributed by atoms with van der Waals surface area (Å²) in [6, 6.07) is -0.464. The second-order valence-corrected chi connectivity index (χ2v) is 4.54. The summed E-state index contributed by atoms with van der Waals surface area (Å²) in [6.07, 6.45) is 3.30. The maximum absolute atomic E-state index is 11.5. The molecule has 1 aliphatic heterocycles. The number of hydrogen-bond donors (Lipinski definition) is 3. The fourth-order valence-corrected chi connectivity index (χ4v) is 1.51. The molecule has 0 spiro atoms. The summed E-state index contributed by atoms with van der Waals surface area (Å²) in [5.74, 6) is -1.05. The maximum Gasteiger partial charge on any atom is 0.330 e. The van der Waals surface area contributed by atoms with E-state index in [1.807, 2.05) is 5.01 Å². The minimum Gasteiger partial charge on any atom is -0.480 e. The Bertz CT molecular complexity index is 272. The molecule has 0 aromatic heterocycles. The van der Waals surface area contributed by atoms with E-state index in [1.165, 1.54) is 20.3 Å². The molecule has 1 aliphatic rings. The highest BCUT2D eigenvalue weighted by molar-refractivity contribution is 5.85. The molecule has 0 saturated carbocycles. The number of nitrogens with one attached hydrogen (secondary N) is 2. The highest BCUT2D eigenvalue weighted by atomic mass is 16.4. The standard InChI is InChI=1S/C10H19N3O3/c1-10(2,8(14)15)11-9(16)12-13-6-4-3-5-7-13/h3-7H2,1-2H3,(H,14,15)(H2,11,12,16). The van der Waals surface area contributed by atoms with Crippen molar-refractivity contribution >= 4 is 12.0 Å². The number of urea groups is 1. The molecule has 1 rings (SSSR count). The van der Waals surface area contributed by atoms with Crippen molar-refractivity contribution in [1.29, 1.82) is 0 Å². The topological polar surface area (TPSA) is 81.7 Å². The monoisotopic (exact) mass is 229 g/mol. The average Bonchev–Trinajstić information content (AvgIpc) is 2.17. The molecule has 0 aromatic carbocycles. The lowest BCUT2D eigenvalue weighted by Crippen LogP contribution is -2.57. The summed E-state index contributed by atoms with van der Waals surface area (Å²) in [5, 5.41) is 13.1. The lowest BCUT2D eigenvalue weighted by molar-refractivity contribution is -0.142. The number of hydrogen-bond acceptors (Lipinski definition) is 3. The predicted molar refractivity (Wildman–Crippen MR) is 58.8 cm³/mol. The van der Waals surface area contributed by atoms with Crippen LogP contribution in [0.15, 0.2) is 0 Å². The van der Waals surface area contributed by atoms with Gasteiger partial charge in [-0.1, -0.05) is 6.42 Å². The Kier molecular flexibility index (Phi) is 4.12. The first-order valence-electron chi connectivity index (χ1n) is 5.49. The van der Waals surface area contributed by atoms with Crippen molar-refractivity contribution in [1.82, 2.24) is 15.8 Å². The Hall–Kier alpha value is -1.30. The van der Waals surface area contributed by atoms with Crippen molar-refractivity contribution < 1.29 is 14.7 Å². The molecule has 0 atom stereocenters. The van der Waals surface area contributed by atoms with Gasteiger partial charge >= 0.3 is 12.0 Å². The van der Waals surface area contributed by atoms with E-state index in [2.05, 4.69) is 10.7 Å². The van der Waals surface area contributed by atoms with Gasteiger partial charge in [0.05, 0.1) is 0 Å². The van der Waals surface area contributed by atoms with Crippen LogP contribution >= 0.6 is 0 Å². The van der Waals surface area contributed by atoms with Gasteiger partial charge in [-0.15, -0.1) is 0 Å². The average molecular weight is 229 g/mol. The summed E-state index contributed by atoms with van der Waals surface area (Å²) in [5.41, 5.74) is 1.40. The summed E-state index contributed by atoms with van der Waals surface area (Å²) in [7, 11) is 0. The van der Waals surface area contributed by atoms with Crippen LogP contribution in [0.4, 0.5) is 4.79 Å². The second-order valence-electron chi connectivity index (χ2n) is 4.54. The Morgan fingerprint density at radius 1 is 1.19 bits per heavy atom. The van der Waals surface area contributed by atoms with Crippen LogP contribution in [0.2, 0.25) is 0 Å². The van der Waals surface area contributed by atoms with E-state index in [4.69, 9.17) is 5.11 Å². The van der Waals surface area contributed by atoms with E-state index in [9.17, 15) is 9.59 Å². The molecule has 1 saturated heterocycles. The van der Waals surface area contributed by atoms with E-state index >= 15 is 0 Å². The van der Waals surface area contributed by atoms with E-state index in [-0.39, 0.29) is 0 Å². The number of carboxylic acids is 1. The van der Waals surface area contributed by atoms with Gasteiger partial charge in [-0.25, -0.2) is 14.6 Å². The van der Waals surface area contributed by atoms with Crippen molar-refractivity contribution in [2.24, 2.45) is 0 Å². The van der Waals surface area contributed by atoms with Crippen LogP contribution in [0.1, 0.15) is 33.1 Å². The van der Waals surface area contributed by atoms with Gasteiger partial charge in [0.2, 0.25) is 0 Å². The molecule has 2 amide bonds. The molecule has 0 bridgehead atoms. The van der Waals surface area contributed by atoms with Crippen LogP contribution in [0, 0.1) is 0 Å². The second kappa shape index (κ2) is 5.16. The Morgan fingerprint density at radius 3 is 2.25 bits per heavy atom. The van der Waals surface area contributed by atoms with Gasteiger partial charge in [-0.2, -0.15) is 0 Å². The zero-order chi connectivity index (χ0) is 12.2. The fourth-order valence-electron chi connectivity index (χ4n) is 1.51. The maximum atomic E-state index is 11.5. The molecule has 1 fully saturated rings. The summed E-state index contributed by atoms with van der Waals surface area (Å²) in [6.45, 7) is 4.54. The Labute approximate surface area is 95.0 Å². The molecule has 92 valence electrons. The van der Waals surface area contributed by atoms with Crippen LogP contribution in [-0.4, -0.2) is 40.7 Å². The third-order valence-electron chi connectivity index (χ3n) is 2.58. The molecule has 0 aromatic rings. The molecular formula is C10H19N3O3. The van der Waals surface area contributed by atoms with Crippen molar-refractivity contribution in [3.8, 4) is 0 Å². The number of carboxylic acid groups (broad SMARTS) is 1. The third kappa shape index (κ3) is 3.69. The van der Waals surface area contributed by atoms with Crippen LogP contribution in [0.25, 0.3) is 0 Å². The minimum absolute atomic E-state index is 0.464. The number of carbonyl (C=O) groups excluding carboxylic acids is 1. The molecule has 3 N–H and O–H groups in total. The molecule has 1 heterocycles. The van der Waals surface area contributed by atoms with Crippen LogP contribution in [-0.2, 0) is 4.79 Å². The first kappa shape index (κ1) is 12.8. The van der Waals surface area contributed by atoms with E-state index in [0.717, 1.165) is 25.9 Å². The van der Waals surface area contributed by atoms with Gasteiger partial charge in [-0.3, -0.25) is 5.43 Å². The predicted octanol–water partition coefficient (Wildman–Crippen LogP) is 0.550. The van der Waals surface area contributed by atoms with Gasteiger partial charge in [0, 0.05) is 13.1 Å². The first-order valence-corrected chi connectivity index (χ1v) is 5.49. The number of nitrogens with zero attached hydrogens (tertiary/aromatic N) is 1. The Balaban J connectivity index is 2.37. The Morgan fingerprint density at radius 2 is 1.75 bits per heavy atom. The highest BCUT2D eigenvalue weighted by Crippen LogP contribution is 2.06. The fraction of sp³-hybridized carbons (Fsp3) is 0.800. The molecule has 0 aliphatic carbocycles. The van der Waals surface area contributed by atoms with Crippen molar-refractivity contribution in [3.63, 3.8) is 0 Å². The smallest absolute Gasteiger partial charge is 0.330 e. The van der Waals surface area contributed by atoms with Gasteiger partial charge in [-0.05, 0) is 26.7 Å². The number of aliphatic carboxylic acids is 1. The number of hydrazine groups is 1. The number of rotatable bonds is 3. The van der Waals surface area contributed by atoms with Crippen molar-refractivity contribution in [3.05, 3.63) is 0 Å². The zero-order valence-electron chi connectivity index (χ0n) is 9.75. The molecule has 16 heavy (non-hydrogen) atoms. The van der Waals surface area contributed by atoms with E-state index < -0.39 is 17.5 Å². The molecule has 6 heteroatoms. The first-order chi connectivity index (χ1) is 7.42. The van der Waals surface area contributed by atoms with Gasteiger partial charge < -0.3 is 10.4 Å². The molecule has 6 nitrogen and oxygen atoms in total. The van der Waals surface area contributed by atoms with E-state index in [0.29, 0.717) is 0 Å². The van der Waals surface area contributed by atoms with Crippen LogP contribution < -0.4 is 10.7 Å². The van der Waals surface area contributed by atoms with Gasteiger partial charge in [0.25, 0.3) is 0 Å². The number of carbonyl (C=O) groups is 2. The van der Waals surface area contributed by atoms with E-state index in [1.54, 1.807) is 0 Å². The van der Waals surface area contributed by atoms with Gasteiger partial charge in [0.15, 0.2) is 0 Å². The third-order valence-corrected chi connectivity index (χ3v) is 2.58. The normalized spacial score (nSPS) is 17.9. The quantitative estimate of drug-likeness (QED) is 0.660. The largest absolute Gasteiger partial charge is 0.480 e. The highest BCUT2D eigenvalue weighted by Gasteiger charge is 2.29. The number of amides is 2.